The van der Waals surface area contributed by atoms with Gasteiger partial charge in [-0.05, 0) is 53.0 Å². The van der Waals surface area contributed by atoms with Crippen molar-refractivity contribution in [3.05, 3.63) is 6.58 Å². The fourth-order valence-electron chi connectivity index (χ4n) is 2.49. The second-order valence-corrected chi connectivity index (χ2v) is 5.24. The van der Waals surface area contributed by atoms with Crippen LogP contribution in [-0.2, 0) is 0 Å². The highest BCUT2D eigenvalue weighted by atomic mass is 15.1. The van der Waals surface area contributed by atoms with Crippen LogP contribution in [0.2, 0.25) is 0 Å². The topological polar surface area (TPSA) is 24.4 Å². The number of nitrogens with one attached hydrogen (secondary N) is 1. The Morgan fingerprint density at radius 2 is 1.69 bits per heavy atom. The molecule has 0 unspecified atom stereocenters. The van der Waals surface area contributed by atoms with Gasteiger partial charge in [-0.1, -0.05) is 0 Å². The van der Waals surface area contributed by atoms with Crippen LogP contribution in [0.3, 0.4) is 0 Å². The van der Waals surface area contributed by atoms with E-state index >= 15 is 0 Å². The third-order valence-electron chi connectivity index (χ3n) is 2.44. The third kappa shape index (κ3) is 2.98. The Labute approximate surface area is 81.1 Å². The maximum Gasteiger partial charge on any atom is 0.0628 e. The van der Waals surface area contributed by atoms with E-state index in [4.69, 9.17) is 0 Å². The molecule has 0 aromatic rings. The molecule has 1 aliphatic heterocycles. The largest absolute Gasteiger partial charge is 0.307 e. The molecule has 1 N–H and O–H groups in total. The van der Waals surface area contributed by atoms with Crippen LogP contribution >= 0.6 is 0 Å². The summed E-state index contributed by atoms with van der Waals surface area (Å²) in [5, 5.41) is 3.61. The van der Waals surface area contributed by atoms with Gasteiger partial charge in [0.05, 0.1) is 6.04 Å². The molecule has 74 valence electrons. The fourth-order valence-corrected chi connectivity index (χ4v) is 2.49. The van der Waals surface area contributed by atoms with Crippen LogP contribution in [0.5, 0.6) is 0 Å². The molecule has 0 atom stereocenters. The van der Waals surface area contributed by atoms with Gasteiger partial charge in [0.2, 0.25) is 0 Å². The molecular weight excluding hydrogens is 160 g/mol. The molecule has 0 radical (unpaired) electrons. The average molecular weight is 180 g/mol. The maximum absolute atomic E-state index is 4.27. The van der Waals surface area contributed by atoms with E-state index in [1.807, 2.05) is 0 Å². The predicted molar refractivity (Wildman–Crippen MR) is 57.4 cm³/mol. The summed E-state index contributed by atoms with van der Waals surface area (Å²) in [7, 11) is 0. The van der Waals surface area contributed by atoms with Crippen LogP contribution in [-0.4, -0.2) is 23.0 Å². The van der Waals surface area contributed by atoms with E-state index in [1.165, 1.54) is 0 Å². The Balaban J connectivity index is 2.77. The summed E-state index contributed by atoms with van der Waals surface area (Å²) >= 11 is 0. The molecule has 1 saturated heterocycles. The van der Waals surface area contributed by atoms with Crippen molar-refractivity contribution in [1.29, 1.82) is 0 Å². The van der Waals surface area contributed by atoms with Crippen LogP contribution in [0.15, 0.2) is 11.6 Å². The van der Waals surface area contributed by atoms with E-state index in [0.717, 1.165) is 12.8 Å². The third-order valence-corrected chi connectivity index (χ3v) is 2.44. The summed E-state index contributed by atoms with van der Waals surface area (Å²) in [6.45, 7) is 12.4. The van der Waals surface area contributed by atoms with Crippen molar-refractivity contribution in [3.8, 4) is 0 Å². The van der Waals surface area contributed by atoms with Crippen molar-refractivity contribution >= 4 is 5.87 Å². The van der Waals surface area contributed by atoms with Crippen LogP contribution in [0.25, 0.3) is 0 Å². The SMILES string of the molecule is C=C=NC1CC(C)(C)NC(C)(C)C1. The molecule has 2 heteroatoms. The highest BCUT2D eigenvalue weighted by molar-refractivity contribution is 5.47. The number of rotatable bonds is 1. The summed E-state index contributed by atoms with van der Waals surface area (Å²) in [6, 6.07) is 0.378. The molecule has 1 rings (SSSR count). The highest BCUT2D eigenvalue weighted by Crippen LogP contribution is 2.29. The Bertz CT molecular complexity index is 218. The normalized spacial score (nSPS) is 26.5. The zero-order valence-corrected chi connectivity index (χ0v) is 9.15. The van der Waals surface area contributed by atoms with Gasteiger partial charge in [-0.2, -0.15) is 0 Å². The Hall–Kier alpha value is -0.590. The number of nitrogens with zero attached hydrogens (tertiary/aromatic N) is 1. The van der Waals surface area contributed by atoms with Gasteiger partial charge < -0.3 is 5.32 Å². The Morgan fingerprint density at radius 1 is 1.23 bits per heavy atom. The molecule has 0 aromatic carbocycles. The van der Waals surface area contributed by atoms with E-state index < -0.39 is 0 Å². The van der Waals surface area contributed by atoms with Crippen LogP contribution in [0.1, 0.15) is 40.5 Å². The molecule has 0 aliphatic carbocycles. The molecule has 1 fully saturated rings. The van der Waals surface area contributed by atoms with Crippen molar-refractivity contribution in [2.45, 2.75) is 57.7 Å². The zero-order valence-electron chi connectivity index (χ0n) is 9.15. The van der Waals surface area contributed by atoms with Crippen molar-refractivity contribution < 1.29 is 0 Å². The summed E-state index contributed by atoms with van der Waals surface area (Å²) in [4.78, 5) is 4.27. The lowest BCUT2D eigenvalue weighted by molar-refractivity contribution is 0.164. The van der Waals surface area contributed by atoms with Gasteiger partial charge in [0, 0.05) is 11.1 Å². The van der Waals surface area contributed by atoms with Crippen molar-refractivity contribution in [3.63, 3.8) is 0 Å². The number of aliphatic imine (C=N–C) groups is 1. The maximum atomic E-state index is 4.27. The molecule has 0 bridgehead atoms. The highest BCUT2D eigenvalue weighted by Gasteiger charge is 2.37. The lowest BCUT2D eigenvalue weighted by Gasteiger charge is -2.45. The molecule has 0 amide bonds. The van der Waals surface area contributed by atoms with Gasteiger partial charge >= 0.3 is 0 Å². The minimum atomic E-state index is 0.173. The number of piperidine rings is 1. The molecule has 13 heavy (non-hydrogen) atoms. The smallest absolute Gasteiger partial charge is 0.0628 e. The summed E-state index contributed by atoms with van der Waals surface area (Å²) in [5.74, 6) is 2.66. The summed E-state index contributed by atoms with van der Waals surface area (Å²) in [6.07, 6.45) is 2.14. The van der Waals surface area contributed by atoms with Crippen LogP contribution < -0.4 is 5.32 Å². The van der Waals surface area contributed by atoms with Gasteiger partial charge in [0.1, 0.15) is 0 Å². The molecule has 0 spiro atoms. The second kappa shape index (κ2) is 3.28. The molecule has 2 nitrogen and oxygen atoms in total. The van der Waals surface area contributed by atoms with Gasteiger partial charge in [-0.3, -0.25) is 0 Å². The van der Waals surface area contributed by atoms with E-state index in [2.05, 4.69) is 50.5 Å². The van der Waals surface area contributed by atoms with Crippen molar-refractivity contribution in [2.75, 3.05) is 0 Å². The lowest BCUT2D eigenvalue weighted by atomic mass is 9.80. The summed E-state index contributed by atoms with van der Waals surface area (Å²) in [5.41, 5.74) is 0.347. The number of hydrogen-bond donors (Lipinski definition) is 1. The first kappa shape index (κ1) is 10.5. The van der Waals surface area contributed by atoms with E-state index in [0.29, 0.717) is 6.04 Å². The average Bonchev–Trinajstić information content (AvgIpc) is 1.78. The second-order valence-electron chi connectivity index (χ2n) is 5.24. The number of hydrogen-bond acceptors (Lipinski definition) is 2. The molecule has 1 heterocycles. The van der Waals surface area contributed by atoms with Gasteiger partial charge in [-0.15, -0.1) is 0 Å². The van der Waals surface area contributed by atoms with E-state index in [9.17, 15) is 0 Å². The molecule has 1 aliphatic rings. The Kier molecular flexibility index (Phi) is 2.65. The quantitative estimate of drug-likeness (QED) is 0.614. The minimum absolute atomic E-state index is 0.173. The molecule has 0 saturated carbocycles. The predicted octanol–water partition coefficient (Wildman–Crippen LogP) is 2.15. The fraction of sp³-hybridized carbons (Fsp3) is 0.818. The Morgan fingerprint density at radius 3 is 2.08 bits per heavy atom. The van der Waals surface area contributed by atoms with Crippen LogP contribution in [0, 0.1) is 0 Å². The minimum Gasteiger partial charge on any atom is -0.307 e. The zero-order chi connectivity index (χ0) is 10.1. The van der Waals surface area contributed by atoms with Crippen LogP contribution in [0.4, 0.5) is 0 Å². The standard InChI is InChI=1S/C11H20N2/c1-6-12-9-7-10(2,3)13-11(4,5)8-9/h9,13H,1,7-8H2,2-5H3. The van der Waals surface area contributed by atoms with Gasteiger partial charge in [0.25, 0.3) is 0 Å². The first-order valence-electron chi connectivity index (χ1n) is 4.86. The van der Waals surface area contributed by atoms with Crippen molar-refractivity contribution in [2.24, 2.45) is 4.99 Å². The van der Waals surface area contributed by atoms with Gasteiger partial charge in [0.15, 0.2) is 0 Å². The molecule has 0 aromatic heterocycles. The monoisotopic (exact) mass is 180 g/mol. The summed E-state index contributed by atoms with van der Waals surface area (Å²) < 4.78 is 0. The van der Waals surface area contributed by atoms with E-state index in [1.54, 1.807) is 0 Å². The van der Waals surface area contributed by atoms with Crippen molar-refractivity contribution in [1.82, 2.24) is 5.32 Å². The molecular formula is C11H20N2. The first-order chi connectivity index (χ1) is 5.85. The first-order valence-corrected chi connectivity index (χ1v) is 4.86. The van der Waals surface area contributed by atoms with E-state index in [-0.39, 0.29) is 11.1 Å². The van der Waals surface area contributed by atoms with Gasteiger partial charge in [-0.25, -0.2) is 4.99 Å². The lowest BCUT2D eigenvalue weighted by Crippen LogP contribution is -2.58.